The minimum Gasteiger partial charge on any atom is -0.340 e. The first kappa shape index (κ1) is 17.4. The van der Waals surface area contributed by atoms with Crippen molar-refractivity contribution in [3.05, 3.63) is 35.4 Å². The minimum absolute atomic E-state index is 0.242. The van der Waals surface area contributed by atoms with Crippen molar-refractivity contribution >= 4 is 5.91 Å². The molecule has 2 saturated heterocycles. The number of benzene rings is 1. The van der Waals surface area contributed by atoms with Crippen molar-refractivity contribution in [1.29, 1.82) is 0 Å². The number of likely N-dealkylation sites (tertiary alicyclic amines) is 1. The van der Waals surface area contributed by atoms with Gasteiger partial charge in [-0.1, -0.05) is 31.2 Å². The van der Waals surface area contributed by atoms with E-state index in [0.29, 0.717) is 5.91 Å². The molecule has 0 radical (unpaired) electrons. The molecule has 2 aliphatic heterocycles. The fraction of sp³-hybridized carbons (Fsp3) is 0.650. The third-order valence-electron chi connectivity index (χ3n) is 5.72. The van der Waals surface area contributed by atoms with Crippen LogP contribution in [0.3, 0.4) is 0 Å². The molecule has 24 heavy (non-hydrogen) atoms. The summed E-state index contributed by atoms with van der Waals surface area (Å²) in [6.07, 6.45) is 2.03. The Kier molecular flexibility index (Phi) is 5.90. The summed E-state index contributed by atoms with van der Waals surface area (Å²) in [5, 5.41) is 0. The maximum Gasteiger partial charge on any atom is 0.225 e. The Morgan fingerprint density at radius 2 is 1.67 bits per heavy atom. The first-order chi connectivity index (χ1) is 11.7. The lowest BCUT2D eigenvalue weighted by molar-refractivity contribution is -0.138. The fourth-order valence-corrected chi connectivity index (χ4v) is 3.91. The molecule has 0 atom stereocenters. The molecule has 2 aliphatic rings. The van der Waals surface area contributed by atoms with E-state index >= 15 is 0 Å². The van der Waals surface area contributed by atoms with E-state index in [0.717, 1.165) is 65.2 Å². The van der Waals surface area contributed by atoms with E-state index in [4.69, 9.17) is 0 Å². The molecule has 0 N–H and O–H groups in total. The lowest BCUT2D eigenvalue weighted by Crippen LogP contribution is -2.51. The zero-order valence-electron chi connectivity index (χ0n) is 15.2. The molecule has 4 heteroatoms. The zero-order chi connectivity index (χ0) is 16.9. The molecule has 0 unspecified atom stereocenters. The average Bonchev–Trinajstić information content (AvgIpc) is 2.64. The number of piperidine rings is 1. The molecule has 2 heterocycles. The maximum atomic E-state index is 12.8. The lowest BCUT2D eigenvalue weighted by atomic mass is 9.94. The van der Waals surface area contributed by atoms with Crippen LogP contribution in [-0.2, 0) is 11.3 Å². The Morgan fingerprint density at radius 3 is 2.29 bits per heavy atom. The second-order valence-electron chi connectivity index (χ2n) is 7.24. The van der Waals surface area contributed by atoms with E-state index < -0.39 is 0 Å². The molecule has 1 aromatic carbocycles. The normalized spacial score (nSPS) is 21.2. The number of hydrogen-bond donors (Lipinski definition) is 0. The van der Waals surface area contributed by atoms with Crippen LogP contribution < -0.4 is 0 Å². The standard InChI is InChI=1S/C20H31N3O/c1-3-21-12-14-23(15-13-21)20(24)18-8-10-22(11-9-18)16-19-7-5-4-6-17(19)2/h4-7,18H,3,8-16H2,1-2H3. The molecule has 4 nitrogen and oxygen atoms in total. The molecule has 0 aliphatic carbocycles. The molecule has 1 aromatic rings. The van der Waals surface area contributed by atoms with Crippen LogP contribution in [0.5, 0.6) is 0 Å². The van der Waals surface area contributed by atoms with Gasteiger partial charge in [-0.2, -0.15) is 0 Å². The number of nitrogens with zero attached hydrogens (tertiary/aromatic N) is 3. The number of aryl methyl sites for hydroxylation is 1. The summed E-state index contributed by atoms with van der Waals surface area (Å²) in [6.45, 7) is 12.5. The van der Waals surface area contributed by atoms with Gasteiger partial charge >= 0.3 is 0 Å². The molecule has 0 aromatic heterocycles. The van der Waals surface area contributed by atoms with Gasteiger partial charge in [0.15, 0.2) is 0 Å². The van der Waals surface area contributed by atoms with Crippen molar-refractivity contribution in [2.45, 2.75) is 33.2 Å². The number of amides is 1. The van der Waals surface area contributed by atoms with Gasteiger partial charge in [0.1, 0.15) is 0 Å². The Bertz CT molecular complexity index is 544. The van der Waals surface area contributed by atoms with Gasteiger partial charge in [-0.25, -0.2) is 0 Å². The predicted molar refractivity (Wildman–Crippen MR) is 97.9 cm³/mol. The number of likely N-dealkylation sites (N-methyl/N-ethyl adjacent to an activating group) is 1. The molecular weight excluding hydrogens is 298 g/mol. The van der Waals surface area contributed by atoms with Gasteiger partial charge in [0.2, 0.25) is 5.91 Å². The van der Waals surface area contributed by atoms with Gasteiger partial charge in [-0.15, -0.1) is 0 Å². The summed E-state index contributed by atoms with van der Waals surface area (Å²) in [5.74, 6) is 0.646. The monoisotopic (exact) mass is 329 g/mol. The highest BCUT2D eigenvalue weighted by molar-refractivity contribution is 5.79. The Hall–Kier alpha value is -1.39. The first-order valence-corrected chi connectivity index (χ1v) is 9.45. The van der Waals surface area contributed by atoms with Gasteiger partial charge in [0.25, 0.3) is 0 Å². The van der Waals surface area contributed by atoms with Gasteiger partial charge in [0, 0.05) is 38.6 Å². The third kappa shape index (κ3) is 4.17. The van der Waals surface area contributed by atoms with Gasteiger partial charge in [0.05, 0.1) is 0 Å². The number of carbonyl (C=O) groups is 1. The molecule has 3 rings (SSSR count). The van der Waals surface area contributed by atoms with Gasteiger partial charge in [-0.3, -0.25) is 9.69 Å². The van der Waals surface area contributed by atoms with Crippen LogP contribution in [0, 0.1) is 12.8 Å². The van der Waals surface area contributed by atoms with Crippen LogP contribution in [0.1, 0.15) is 30.9 Å². The summed E-state index contributed by atoms with van der Waals surface area (Å²) >= 11 is 0. The molecule has 0 saturated carbocycles. The second-order valence-corrected chi connectivity index (χ2v) is 7.24. The van der Waals surface area contributed by atoms with E-state index in [-0.39, 0.29) is 5.92 Å². The van der Waals surface area contributed by atoms with Crippen molar-refractivity contribution in [3.63, 3.8) is 0 Å². The van der Waals surface area contributed by atoms with E-state index in [1.807, 2.05) is 0 Å². The first-order valence-electron chi connectivity index (χ1n) is 9.45. The summed E-state index contributed by atoms with van der Waals surface area (Å²) in [5.41, 5.74) is 2.78. The van der Waals surface area contributed by atoms with Crippen molar-refractivity contribution in [2.24, 2.45) is 5.92 Å². The molecule has 2 fully saturated rings. The number of piperazine rings is 1. The molecule has 132 valence electrons. The smallest absolute Gasteiger partial charge is 0.225 e. The summed E-state index contributed by atoms with van der Waals surface area (Å²) in [7, 11) is 0. The van der Waals surface area contributed by atoms with Crippen LogP contribution in [0.4, 0.5) is 0 Å². The van der Waals surface area contributed by atoms with Crippen molar-refractivity contribution in [3.8, 4) is 0 Å². The molecule has 1 amide bonds. The summed E-state index contributed by atoms with van der Waals surface area (Å²) in [6, 6.07) is 8.62. The van der Waals surface area contributed by atoms with E-state index in [2.05, 4.69) is 52.8 Å². The molecule has 0 bridgehead atoms. The highest BCUT2D eigenvalue weighted by Gasteiger charge is 2.30. The SMILES string of the molecule is CCN1CCN(C(=O)C2CCN(Cc3ccccc3C)CC2)CC1. The van der Waals surface area contributed by atoms with Crippen LogP contribution in [0.2, 0.25) is 0 Å². The lowest BCUT2D eigenvalue weighted by Gasteiger charge is -2.38. The average molecular weight is 329 g/mol. The van der Waals surface area contributed by atoms with E-state index in [1.54, 1.807) is 0 Å². The van der Waals surface area contributed by atoms with Crippen molar-refractivity contribution in [1.82, 2.24) is 14.7 Å². The number of rotatable bonds is 4. The summed E-state index contributed by atoms with van der Waals surface area (Å²) < 4.78 is 0. The van der Waals surface area contributed by atoms with Gasteiger partial charge < -0.3 is 9.80 Å². The van der Waals surface area contributed by atoms with Crippen LogP contribution in [0.15, 0.2) is 24.3 Å². The summed E-state index contributed by atoms with van der Waals surface area (Å²) in [4.78, 5) is 19.8. The quantitative estimate of drug-likeness (QED) is 0.848. The highest BCUT2D eigenvalue weighted by atomic mass is 16.2. The van der Waals surface area contributed by atoms with Gasteiger partial charge in [-0.05, 0) is 50.5 Å². The van der Waals surface area contributed by atoms with Crippen molar-refractivity contribution < 1.29 is 4.79 Å². The Labute approximate surface area is 146 Å². The van der Waals surface area contributed by atoms with Crippen LogP contribution in [0.25, 0.3) is 0 Å². The van der Waals surface area contributed by atoms with E-state index in [9.17, 15) is 4.79 Å². The topological polar surface area (TPSA) is 26.8 Å². The number of hydrogen-bond acceptors (Lipinski definition) is 3. The van der Waals surface area contributed by atoms with E-state index in [1.165, 1.54) is 11.1 Å². The Morgan fingerprint density at radius 1 is 1.00 bits per heavy atom. The number of carbonyl (C=O) groups excluding carboxylic acids is 1. The fourth-order valence-electron chi connectivity index (χ4n) is 3.91. The van der Waals surface area contributed by atoms with Crippen LogP contribution >= 0.6 is 0 Å². The third-order valence-corrected chi connectivity index (χ3v) is 5.72. The van der Waals surface area contributed by atoms with Crippen molar-refractivity contribution in [2.75, 3.05) is 45.8 Å². The Balaban J connectivity index is 1.46. The molecule has 0 spiro atoms. The molecular formula is C20H31N3O. The van der Waals surface area contributed by atoms with Crippen LogP contribution in [-0.4, -0.2) is 66.4 Å². The maximum absolute atomic E-state index is 12.8. The minimum atomic E-state index is 0.242. The zero-order valence-corrected chi connectivity index (χ0v) is 15.2. The largest absolute Gasteiger partial charge is 0.340 e. The highest BCUT2D eigenvalue weighted by Crippen LogP contribution is 2.22. The second kappa shape index (κ2) is 8.13. The predicted octanol–water partition coefficient (Wildman–Crippen LogP) is 2.37.